The van der Waals surface area contributed by atoms with Crippen molar-refractivity contribution >= 4 is 5.91 Å². The highest BCUT2D eigenvalue weighted by atomic mass is 16.5. The molecule has 3 rings (SSSR count). The second kappa shape index (κ2) is 6.31. The molecule has 0 spiro atoms. The molecule has 1 aromatic carbocycles. The first-order valence-electron chi connectivity index (χ1n) is 7.21. The Labute approximate surface area is 128 Å². The van der Waals surface area contributed by atoms with E-state index in [1.54, 1.807) is 11.0 Å². The minimum absolute atomic E-state index is 0.249. The van der Waals surface area contributed by atoms with Crippen LogP contribution < -0.4 is 5.32 Å². The Morgan fingerprint density at radius 1 is 1.45 bits per heavy atom. The zero-order valence-electron chi connectivity index (χ0n) is 12.0. The minimum atomic E-state index is -0.249. The van der Waals surface area contributed by atoms with Crippen LogP contribution in [0.5, 0.6) is 0 Å². The average molecular weight is 296 g/mol. The molecular weight excluding hydrogens is 280 g/mol. The molecule has 2 heterocycles. The molecule has 0 bridgehead atoms. The number of carbonyl (C=O) groups excluding carboxylic acids is 1. The SMILES string of the molecule is N#CN1CC[C@H](CNC(=O)c2cc(-c3ccccc3)on2)C1. The van der Waals surface area contributed by atoms with Crippen molar-refractivity contribution in [3.8, 4) is 17.5 Å². The van der Waals surface area contributed by atoms with E-state index in [-0.39, 0.29) is 11.6 Å². The first-order valence-corrected chi connectivity index (χ1v) is 7.21. The van der Waals surface area contributed by atoms with Gasteiger partial charge < -0.3 is 14.7 Å². The van der Waals surface area contributed by atoms with Crippen LogP contribution in [0.25, 0.3) is 11.3 Å². The zero-order valence-corrected chi connectivity index (χ0v) is 12.0. The number of carbonyl (C=O) groups is 1. The highest BCUT2D eigenvalue weighted by Crippen LogP contribution is 2.20. The second-order valence-corrected chi connectivity index (χ2v) is 5.35. The molecule has 1 aliphatic rings. The molecule has 1 aromatic heterocycles. The molecule has 1 fully saturated rings. The summed E-state index contributed by atoms with van der Waals surface area (Å²) in [6.45, 7) is 2.01. The number of hydrogen-bond acceptors (Lipinski definition) is 5. The molecule has 6 heteroatoms. The molecule has 1 atom stereocenters. The number of benzene rings is 1. The summed E-state index contributed by atoms with van der Waals surface area (Å²) in [6, 6.07) is 11.2. The first-order chi connectivity index (χ1) is 10.8. The van der Waals surface area contributed by atoms with Crippen LogP contribution in [0, 0.1) is 17.4 Å². The Balaban J connectivity index is 1.57. The van der Waals surface area contributed by atoms with Gasteiger partial charge in [-0.3, -0.25) is 4.79 Å². The number of nitriles is 1. The van der Waals surface area contributed by atoms with E-state index in [2.05, 4.69) is 16.7 Å². The van der Waals surface area contributed by atoms with Gasteiger partial charge in [-0.2, -0.15) is 5.26 Å². The predicted molar refractivity (Wildman–Crippen MR) is 79.6 cm³/mol. The van der Waals surface area contributed by atoms with Crippen LogP contribution in [0.4, 0.5) is 0 Å². The maximum atomic E-state index is 12.1. The molecule has 2 aromatic rings. The van der Waals surface area contributed by atoms with Gasteiger partial charge in [0.25, 0.3) is 5.91 Å². The summed E-state index contributed by atoms with van der Waals surface area (Å²) >= 11 is 0. The number of rotatable bonds is 4. The van der Waals surface area contributed by atoms with Crippen LogP contribution in [0.15, 0.2) is 40.9 Å². The molecule has 0 saturated carbocycles. The quantitative estimate of drug-likeness (QED) is 0.871. The number of amides is 1. The normalized spacial score (nSPS) is 17.2. The molecule has 1 amide bonds. The Kier molecular flexibility index (Phi) is 4.05. The lowest BCUT2D eigenvalue weighted by Gasteiger charge is -2.09. The summed E-state index contributed by atoms with van der Waals surface area (Å²) in [5, 5.41) is 15.5. The fourth-order valence-corrected chi connectivity index (χ4v) is 2.54. The van der Waals surface area contributed by atoms with Gasteiger partial charge >= 0.3 is 0 Å². The van der Waals surface area contributed by atoms with Crippen molar-refractivity contribution in [1.82, 2.24) is 15.4 Å². The van der Waals surface area contributed by atoms with Crippen LogP contribution in [-0.4, -0.2) is 35.6 Å². The predicted octanol–water partition coefficient (Wildman–Crippen LogP) is 1.87. The van der Waals surface area contributed by atoms with Crippen LogP contribution in [-0.2, 0) is 0 Å². The van der Waals surface area contributed by atoms with E-state index in [4.69, 9.17) is 9.78 Å². The van der Waals surface area contributed by atoms with Crippen molar-refractivity contribution in [2.45, 2.75) is 6.42 Å². The molecule has 6 nitrogen and oxygen atoms in total. The monoisotopic (exact) mass is 296 g/mol. The fourth-order valence-electron chi connectivity index (χ4n) is 2.54. The Bertz CT molecular complexity index is 690. The number of nitrogens with zero attached hydrogens (tertiary/aromatic N) is 3. The molecule has 112 valence electrons. The van der Waals surface area contributed by atoms with E-state index >= 15 is 0 Å². The number of hydrogen-bond donors (Lipinski definition) is 1. The second-order valence-electron chi connectivity index (χ2n) is 5.35. The summed E-state index contributed by atoms with van der Waals surface area (Å²) in [6.07, 6.45) is 3.05. The van der Waals surface area contributed by atoms with Crippen LogP contribution in [0.2, 0.25) is 0 Å². The van der Waals surface area contributed by atoms with Gasteiger partial charge in [-0.15, -0.1) is 0 Å². The first kappa shape index (κ1) is 14.1. The van der Waals surface area contributed by atoms with Crippen molar-refractivity contribution in [3.05, 3.63) is 42.1 Å². The number of aromatic nitrogens is 1. The van der Waals surface area contributed by atoms with Crippen molar-refractivity contribution in [3.63, 3.8) is 0 Å². The van der Waals surface area contributed by atoms with Gasteiger partial charge in [0.05, 0.1) is 0 Å². The maximum absolute atomic E-state index is 12.1. The van der Waals surface area contributed by atoms with Gasteiger partial charge in [0.15, 0.2) is 17.6 Å². The zero-order chi connectivity index (χ0) is 15.4. The van der Waals surface area contributed by atoms with Gasteiger partial charge in [0.1, 0.15) is 0 Å². The van der Waals surface area contributed by atoms with Gasteiger partial charge in [-0.25, -0.2) is 0 Å². The van der Waals surface area contributed by atoms with Gasteiger partial charge in [-0.1, -0.05) is 35.5 Å². The van der Waals surface area contributed by atoms with E-state index in [1.807, 2.05) is 30.3 Å². The third kappa shape index (κ3) is 3.09. The van der Waals surface area contributed by atoms with Crippen molar-refractivity contribution in [2.75, 3.05) is 19.6 Å². The molecule has 22 heavy (non-hydrogen) atoms. The standard InChI is InChI=1S/C16H16N4O2/c17-11-20-7-6-12(10-20)9-18-16(21)14-8-15(22-19-14)13-4-2-1-3-5-13/h1-5,8,12H,6-7,9-10H2,(H,18,21)/t12-/m1/s1. The van der Waals surface area contributed by atoms with E-state index in [0.717, 1.165) is 18.5 Å². The molecule has 1 saturated heterocycles. The lowest BCUT2D eigenvalue weighted by molar-refractivity contribution is 0.0939. The number of likely N-dealkylation sites (tertiary alicyclic amines) is 1. The highest BCUT2D eigenvalue weighted by molar-refractivity contribution is 5.93. The van der Waals surface area contributed by atoms with Crippen molar-refractivity contribution in [2.24, 2.45) is 5.92 Å². The summed E-state index contributed by atoms with van der Waals surface area (Å²) in [7, 11) is 0. The third-order valence-electron chi connectivity index (χ3n) is 3.78. The molecule has 1 aliphatic heterocycles. The Morgan fingerprint density at radius 3 is 3.00 bits per heavy atom. The van der Waals surface area contributed by atoms with Gasteiger partial charge in [0, 0.05) is 31.3 Å². The van der Waals surface area contributed by atoms with Crippen molar-refractivity contribution in [1.29, 1.82) is 5.26 Å². The summed E-state index contributed by atoms with van der Waals surface area (Å²) in [5.74, 6) is 0.632. The Morgan fingerprint density at radius 2 is 2.27 bits per heavy atom. The summed E-state index contributed by atoms with van der Waals surface area (Å²) in [4.78, 5) is 13.8. The van der Waals surface area contributed by atoms with E-state index in [1.165, 1.54) is 0 Å². The lowest BCUT2D eigenvalue weighted by Crippen LogP contribution is -2.30. The average Bonchev–Trinajstić information content (AvgIpc) is 3.22. The lowest BCUT2D eigenvalue weighted by atomic mass is 10.1. The molecule has 0 radical (unpaired) electrons. The summed E-state index contributed by atoms with van der Waals surface area (Å²) < 4.78 is 5.22. The van der Waals surface area contributed by atoms with Gasteiger partial charge in [-0.05, 0) is 12.3 Å². The largest absolute Gasteiger partial charge is 0.355 e. The van der Waals surface area contributed by atoms with Crippen LogP contribution in [0.3, 0.4) is 0 Å². The van der Waals surface area contributed by atoms with Crippen LogP contribution >= 0.6 is 0 Å². The van der Waals surface area contributed by atoms with E-state index < -0.39 is 0 Å². The molecule has 0 unspecified atom stereocenters. The Hall–Kier alpha value is -2.81. The molecule has 1 N–H and O–H groups in total. The smallest absolute Gasteiger partial charge is 0.273 e. The maximum Gasteiger partial charge on any atom is 0.273 e. The number of nitrogens with one attached hydrogen (secondary N) is 1. The molecular formula is C16H16N4O2. The topological polar surface area (TPSA) is 82.2 Å². The minimum Gasteiger partial charge on any atom is -0.355 e. The van der Waals surface area contributed by atoms with E-state index in [9.17, 15) is 4.79 Å². The van der Waals surface area contributed by atoms with Crippen molar-refractivity contribution < 1.29 is 9.32 Å². The third-order valence-corrected chi connectivity index (χ3v) is 3.78. The molecule has 0 aliphatic carbocycles. The van der Waals surface area contributed by atoms with Gasteiger partial charge in [0.2, 0.25) is 0 Å². The van der Waals surface area contributed by atoms with E-state index in [0.29, 0.717) is 24.8 Å². The van der Waals surface area contributed by atoms with Crippen LogP contribution in [0.1, 0.15) is 16.9 Å². The fraction of sp³-hybridized carbons (Fsp3) is 0.312. The highest BCUT2D eigenvalue weighted by Gasteiger charge is 2.22. The summed E-state index contributed by atoms with van der Waals surface area (Å²) in [5.41, 5.74) is 1.16.